The van der Waals surface area contributed by atoms with Crippen molar-refractivity contribution in [3.63, 3.8) is 0 Å². The summed E-state index contributed by atoms with van der Waals surface area (Å²) in [6, 6.07) is 8.02. The first kappa shape index (κ1) is 25.5. The van der Waals surface area contributed by atoms with Gasteiger partial charge in [0.1, 0.15) is 10.0 Å². The molecule has 1 fully saturated rings. The fourth-order valence-electron chi connectivity index (χ4n) is 3.35. The topological polar surface area (TPSA) is 42.0 Å². The number of hydrogen-bond donors (Lipinski definition) is 0. The highest BCUT2D eigenvalue weighted by Gasteiger charge is 2.25. The summed E-state index contributed by atoms with van der Waals surface area (Å²) in [6.45, 7) is 1.28. The van der Waals surface area contributed by atoms with E-state index in [2.05, 4.69) is 0 Å². The van der Waals surface area contributed by atoms with Crippen LogP contribution in [0.4, 0.5) is 5.69 Å². The normalized spacial score (nSPS) is 15.7. The number of ether oxygens (including phenoxy) is 2. The quantitative estimate of drug-likeness (QED) is 0.279. The maximum atomic E-state index is 13.1. The van der Waals surface area contributed by atoms with E-state index < -0.39 is 0 Å². The Kier molecular flexibility index (Phi) is 9.07. The Balaban J connectivity index is 1.75. The average Bonchev–Trinajstić information content (AvgIpc) is 3.29. The molecule has 0 saturated carbocycles. The molecule has 3 rings (SSSR count). The third-order valence-electron chi connectivity index (χ3n) is 5.14. The third-order valence-corrected chi connectivity index (χ3v) is 7.38. The molecule has 2 aromatic rings. The van der Waals surface area contributed by atoms with Crippen molar-refractivity contribution in [3.8, 4) is 5.75 Å². The van der Waals surface area contributed by atoms with Crippen LogP contribution in [0, 0.1) is 0 Å². The van der Waals surface area contributed by atoms with Gasteiger partial charge in [0.15, 0.2) is 12.4 Å². The fourth-order valence-corrected chi connectivity index (χ4v) is 4.58. The van der Waals surface area contributed by atoms with Crippen LogP contribution in [-0.4, -0.2) is 50.8 Å². The standard InChI is InChI=1S/C22H23Cl5N2O3/c1-28(2)14-7-5-13(6-8-14)10-29(11-15-4-3-9-31-15)16(30)12-32-22-20(26)18(24)17(23)19(25)21(22)27/h5-8,15H,3-4,9-12H2,1-2H3. The van der Waals surface area contributed by atoms with Crippen molar-refractivity contribution in [2.24, 2.45) is 0 Å². The van der Waals surface area contributed by atoms with Crippen LogP contribution in [0.5, 0.6) is 5.75 Å². The van der Waals surface area contributed by atoms with Gasteiger partial charge in [-0.3, -0.25) is 4.79 Å². The zero-order valence-corrected chi connectivity index (χ0v) is 21.4. The zero-order valence-electron chi connectivity index (χ0n) is 17.6. The van der Waals surface area contributed by atoms with Gasteiger partial charge in [-0.05, 0) is 30.5 Å². The molecule has 5 nitrogen and oxygen atoms in total. The molecular formula is C22H23Cl5N2O3. The van der Waals surface area contributed by atoms with Gasteiger partial charge < -0.3 is 19.3 Å². The zero-order chi connectivity index (χ0) is 23.4. The van der Waals surface area contributed by atoms with E-state index in [0.29, 0.717) is 19.7 Å². The number of halogens is 5. The summed E-state index contributed by atoms with van der Waals surface area (Å²) in [7, 11) is 3.95. The molecule has 0 spiro atoms. The molecule has 1 atom stereocenters. The smallest absolute Gasteiger partial charge is 0.260 e. The van der Waals surface area contributed by atoms with Crippen LogP contribution in [0.3, 0.4) is 0 Å². The Hall–Kier alpha value is -1.08. The first-order chi connectivity index (χ1) is 15.2. The molecule has 0 bridgehead atoms. The van der Waals surface area contributed by atoms with Gasteiger partial charge in [0.05, 0.1) is 21.2 Å². The number of rotatable bonds is 8. The second kappa shape index (κ2) is 11.4. The number of carbonyl (C=O) groups is 1. The van der Waals surface area contributed by atoms with Gasteiger partial charge in [0, 0.05) is 39.5 Å². The number of hydrogen-bond acceptors (Lipinski definition) is 4. The monoisotopic (exact) mass is 538 g/mol. The largest absolute Gasteiger partial charge is 0.481 e. The number of nitrogens with zero attached hydrogens (tertiary/aromatic N) is 2. The van der Waals surface area contributed by atoms with Crippen LogP contribution >= 0.6 is 58.0 Å². The molecule has 0 aliphatic carbocycles. The minimum Gasteiger partial charge on any atom is -0.481 e. The summed E-state index contributed by atoms with van der Waals surface area (Å²) in [5.41, 5.74) is 2.07. The number of benzene rings is 2. The Morgan fingerprint density at radius 2 is 1.59 bits per heavy atom. The molecule has 0 aromatic heterocycles. The highest BCUT2D eigenvalue weighted by atomic mass is 35.5. The number of carbonyl (C=O) groups excluding carboxylic acids is 1. The average molecular weight is 541 g/mol. The van der Waals surface area contributed by atoms with Crippen molar-refractivity contribution < 1.29 is 14.3 Å². The summed E-state index contributed by atoms with van der Waals surface area (Å²) < 4.78 is 11.4. The summed E-state index contributed by atoms with van der Waals surface area (Å²) in [5, 5.41) is 0.0700. The summed E-state index contributed by atoms with van der Waals surface area (Å²) in [6.07, 6.45) is 1.88. The number of amides is 1. The van der Waals surface area contributed by atoms with E-state index in [0.717, 1.165) is 24.1 Å². The van der Waals surface area contributed by atoms with E-state index >= 15 is 0 Å². The Morgan fingerprint density at radius 1 is 1.00 bits per heavy atom. The van der Waals surface area contributed by atoms with Crippen molar-refractivity contribution in [3.05, 3.63) is 54.9 Å². The van der Waals surface area contributed by atoms with Gasteiger partial charge >= 0.3 is 0 Å². The predicted molar refractivity (Wildman–Crippen MR) is 132 cm³/mol. The van der Waals surface area contributed by atoms with E-state index in [1.807, 2.05) is 43.3 Å². The van der Waals surface area contributed by atoms with Crippen LogP contribution in [-0.2, 0) is 16.1 Å². The molecule has 2 aromatic carbocycles. The first-order valence-corrected chi connectivity index (χ1v) is 11.9. The van der Waals surface area contributed by atoms with E-state index in [9.17, 15) is 4.79 Å². The lowest BCUT2D eigenvalue weighted by atomic mass is 10.1. The lowest BCUT2D eigenvalue weighted by Crippen LogP contribution is -2.39. The second-order valence-corrected chi connectivity index (χ2v) is 9.55. The van der Waals surface area contributed by atoms with Crippen LogP contribution in [0.25, 0.3) is 0 Å². The van der Waals surface area contributed by atoms with Crippen LogP contribution in [0.15, 0.2) is 24.3 Å². The molecule has 1 aliphatic rings. The van der Waals surface area contributed by atoms with Gasteiger partial charge in [-0.2, -0.15) is 0 Å². The van der Waals surface area contributed by atoms with E-state index in [4.69, 9.17) is 67.5 Å². The molecule has 1 saturated heterocycles. The minimum absolute atomic E-state index is 0.00353. The van der Waals surface area contributed by atoms with Gasteiger partial charge in [0.2, 0.25) is 0 Å². The Morgan fingerprint density at radius 3 is 2.12 bits per heavy atom. The molecule has 1 aliphatic heterocycles. The molecular weight excluding hydrogens is 518 g/mol. The van der Waals surface area contributed by atoms with Crippen LogP contribution in [0.1, 0.15) is 18.4 Å². The third kappa shape index (κ3) is 6.07. The maximum Gasteiger partial charge on any atom is 0.260 e. The van der Waals surface area contributed by atoms with Crippen molar-refractivity contribution in [1.82, 2.24) is 4.90 Å². The van der Waals surface area contributed by atoms with E-state index in [-0.39, 0.29) is 49.5 Å². The molecule has 1 unspecified atom stereocenters. The summed E-state index contributed by atoms with van der Waals surface area (Å²) in [5.74, 6) is -0.222. The van der Waals surface area contributed by atoms with Crippen molar-refractivity contribution in [2.75, 3.05) is 38.8 Å². The van der Waals surface area contributed by atoms with Gasteiger partial charge in [-0.25, -0.2) is 0 Å². The molecule has 174 valence electrons. The molecule has 0 N–H and O–H groups in total. The van der Waals surface area contributed by atoms with E-state index in [1.54, 1.807) is 4.90 Å². The molecule has 32 heavy (non-hydrogen) atoms. The highest BCUT2D eigenvalue weighted by molar-refractivity contribution is 6.55. The van der Waals surface area contributed by atoms with Gasteiger partial charge in [0.25, 0.3) is 5.91 Å². The second-order valence-electron chi connectivity index (χ2n) is 7.66. The number of anilines is 1. The van der Waals surface area contributed by atoms with Crippen molar-refractivity contribution in [2.45, 2.75) is 25.5 Å². The maximum absolute atomic E-state index is 13.1. The van der Waals surface area contributed by atoms with Gasteiger partial charge in [-0.15, -0.1) is 0 Å². The van der Waals surface area contributed by atoms with Gasteiger partial charge in [-0.1, -0.05) is 70.1 Å². The molecule has 0 radical (unpaired) electrons. The summed E-state index contributed by atoms with van der Waals surface area (Å²) >= 11 is 30.6. The van der Waals surface area contributed by atoms with Crippen molar-refractivity contribution >= 4 is 69.6 Å². The van der Waals surface area contributed by atoms with E-state index in [1.165, 1.54) is 0 Å². The SMILES string of the molecule is CN(C)c1ccc(CN(CC2CCCO2)C(=O)COc2c(Cl)c(Cl)c(Cl)c(Cl)c2Cl)cc1. The predicted octanol–water partition coefficient (Wildman–Crippen LogP) is 6.61. The molecule has 10 heteroatoms. The van der Waals surface area contributed by atoms with Crippen molar-refractivity contribution in [1.29, 1.82) is 0 Å². The summed E-state index contributed by atoms with van der Waals surface area (Å²) in [4.78, 5) is 16.8. The lowest BCUT2D eigenvalue weighted by molar-refractivity contribution is -0.135. The molecule has 1 amide bonds. The minimum atomic E-state index is -0.295. The Labute approximate surface area is 213 Å². The molecule has 1 heterocycles. The van der Waals surface area contributed by atoms with Crippen LogP contribution in [0.2, 0.25) is 25.1 Å². The Bertz CT molecular complexity index is 934. The van der Waals surface area contributed by atoms with Crippen LogP contribution < -0.4 is 9.64 Å². The first-order valence-electron chi connectivity index (χ1n) is 9.99. The highest BCUT2D eigenvalue weighted by Crippen LogP contribution is 2.48. The fraction of sp³-hybridized carbons (Fsp3) is 0.409. The lowest BCUT2D eigenvalue weighted by Gasteiger charge is -2.26.